The first-order chi connectivity index (χ1) is 15.5. The van der Waals surface area contributed by atoms with Gasteiger partial charge in [0.25, 0.3) is 5.69 Å². The molecule has 1 atom stereocenters. The molecule has 3 rings (SSSR count). The van der Waals surface area contributed by atoms with Gasteiger partial charge in [0.1, 0.15) is 4.90 Å². The van der Waals surface area contributed by atoms with Crippen LogP contribution >= 0.6 is 0 Å². The molecule has 9 heteroatoms. The number of ketones is 1. The zero-order valence-corrected chi connectivity index (χ0v) is 19.0. The third-order valence-electron chi connectivity index (χ3n) is 4.97. The molecular formula is C24H21NO7S. The summed E-state index contributed by atoms with van der Waals surface area (Å²) in [6.45, 7) is 3.74. The second-order valence-corrected chi connectivity index (χ2v) is 9.62. The summed E-state index contributed by atoms with van der Waals surface area (Å²) >= 11 is 0. The number of nitro benzene ring substituents is 1. The highest BCUT2D eigenvalue weighted by Gasteiger charge is 2.29. The van der Waals surface area contributed by atoms with E-state index in [-0.39, 0.29) is 5.56 Å². The molecular weight excluding hydrogens is 446 g/mol. The van der Waals surface area contributed by atoms with Crippen molar-refractivity contribution in [1.29, 1.82) is 0 Å². The molecule has 0 aromatic heterocycles. The molecule has 0 saturated heterocycles. The van der Waals surface area contributed by atoms with Gasteiger partial charge in [0.05, 0.1) is 10.5 Å². The molecule has 0 spiro atoms. The summed E-state index contributed by atoms with van der Waals surface area (Å²) in [5, 5.41) is 11.4. The molecule has 0 aliphatic rings. The topological polar surface area (TPSA) is 121 Å². The number of rotatable bonds is 7. The molecule has 0 heterocycles. The third kappa shape index (κ3) is 5.50. The van der Waals surface area contributed by atoms with Crippen molar-refractivity contribution in [3.05, 3.63) is 105 Å². The average molecular weight is 467 g/mol. The Morgan fingerprint density at radius 1 is 0.879 bits per heavy atom. The van der Waals surface area contributed by atoms with Crippen molar-refractivity contribution in [3.63, 3.8) is 0 Å². The van der Waals surface area contributed by atoms with Crippen LogP contribution in [-0.4, -0.2) is 31.3 Å². The van der Waals surface area contributed by atoms with E-state index in [9.17, 15) is 28.1 Å². The number of aryl methyl sites for hydroxylation is 2. The molecule has 0 saturated carbocycles. The number of nitro groups is 1. The van der Waals surface area contributed by atoms with Gasteiger partial charge in [0.2, 0.25) is 5.78 Å². The summed E-state index contributed by atoms with van der Waals surface area (Å²) in [5.74, 6) is -1.46. The van der Waals surface area contributed by atoms with Crippen LogP contribution in [-0.2, 0) is 14.6 Å². The van der Waals surface area contributed by atoms with Gasteiger partial charge in [0.15, 0.2) is 15.9 Å². The maximum absolute atomic E-state index is 13.2. The van der Waals surface area contributed by atoms with Gasteiger partial charge in [-0.1, -0.05) is 59.7 Å². The maximum Gasteiger partial charge on any atom is 0.339 e. The molecule has 170 valence electrons. The number of hydrogen-bond acceptors (Lipinski definition) is 7. The molecule has 0 aliphatic heterocycles. The molecule has 33 heavy (non-hydrogen) atoms. The van der Waals surface area contributed by atoms with Crippen LogP contribution in [0, 0.1) is 24.0 Å². The number of sulfone groups is 1. The SMILES string of the molecule is Cc1ccc(C(=O)[C@@H](OC(=O)c2ccc(S(C)(=O)=O)c([N+](=O)[O-])c2)c2ccc(C)cc2)cc1. The Balaban J connectivity index is 2.00. The molecule has 3 aromatic rings. The molecule has 0 bridgehead atoms. The van der Waals surface area contributed by atoms with E-state index < -0.39 is 43.2 Å². The molecule has 8 nitrogen and oxygen atoms in total. The van der Waals surface area contributed by atoms with Gasteiger partial charge in [-0.05, 0) is 26.0 Å². The lowest BCUT2D eigenvalue weighted by Crippen LogP contribution is -2.20. The van der Waals surface area contributed by atoms with Gasteiger partial charge in [-0.25, -0.2) is 13.2 Å². The molecule has 0 radical (unpaired) electrons. The van der Waals surface area contributed by atoms with E-state index >= 15 is 0 Å². The zero-order valence-electron chi connectivity index (χ0n) is 18.1. The molecule has 3 aromatic carbocycles. The van der Waals surface area contributed by atoms with Gasteiger partial charge in [-0.15, -0.1) is 0 Å². The van der Waals surface area contributed by atoms with Crippen LogP contribution in [0.3, 0.4) is 0 Å². The van der Waals surface area contributed by atoms with Gasteiger partial charge >= 0.3 is 5.97 Å². The minimum atomic E-state index is -3.89. The monoisotopic (exact) mass is 467 g/mol. The van der Waals surface area contributed by atoms with E-state index in [2.05, 4.69) is 0 Å². The summed E-state index contributed by atoms with van der Waals surface area (Å²) < 4.78 is 29.2. The first kappa shape index (κ1) is 23.8. The van der Waals surface area contributed by atoms with Crippen molar-refractivity contribution in [3.8, 4) is 0 Å². The molecule has 0 aliphatic carbocycles. The Labute approximate surface area is 190 Å². The minimum absolute atomic E-state index is 0.247. The van der Waals surface area contributed by atoms with Crippen LogP contribution in [0.25, 0.3) is 0 Å². The first-order valence-corrected chi connectivity index (χ1v) is 11.7. The van der Waals surface area contributed by atoms with Gasteiger partial charge in [-0.3, -0.25) is 14.9 Å². The standard InChI is InChI=1S/C24H21NO7S/c1-15-4-8-17(9-5-15)22(26)23(18-10-6-16(2)7-11-18)32-24(27)19-12-13-21(33(3,30)31)20(14-19)25(28)29/h4-14,23H,1-3H3/t23-/m0/s1. The quantitative estimate of drug-likeness (QED) is 0.219. The van der Waals surface area contributed by atoms with Crippen molar-refractivity contribution in [1.82, 2.24) is 0 Å². The van der Waals surface area contributed by atoms with E-state index in [1.54, 1.807) is 48.5 Å². The number of Topliss-reactive ketones (excluding diaryl/α,β-unsaturated/α-hetero) is 1. The predicted molar refractivity (Wildman–Crippen MR) is 121 cm³/mol. The third-order valence-corrected chi connectivity index (χ3v) is 6.11. The Hall–Kier alpha value is -3.85. The van der Waals surface area contributed by atoms with Gasteiger partial charge in [0, 0.05) is 23.4 Å². The van der Waals surface area contributed by atoms with Crippen LogP contribution in [0.2, 0.25) is 0 Å². The van der Waals surface area contributed by atoms with Crippen molar-refractivity contribution in [2.45, 2.75) is 24.8 Å². The predicted octanol–water partition coefficient (Wildman–Crippen LogP) is 4.40. The smallest absolute Gasteiger partial charge is 0.339 e. The van der Waals surface area contributed by atoms with Crippen LogP contribution < -0.4 is 0 Å². The normalized spacial score (nSPS) is 12.1. The van der Waals surface area contributed by atoms with E-state index in [0.29, 0.717) is 11.1 Å². The number of benzene rings is 3. The highest BCUT2D eigenvalue weighted by atomic mass is 32.2. The summed E-state index contributed by atoms with van der Waals surface area (Å²) in [5.41, 5.74) is 1.66. The number of nitrogens with zero attached hydrogens (tertiary/aromatic N) is 1. The summed E-state index contributed by atoms with van der Waals surface area (Å²) in [7, 11) is -3.89. The molecule has 0 unspecified atom stereocenters. The second-order valence-electron chi connectivity index (χ2n) is 7.64. The largest absolute Gasteiger partial charge is 0.445 e. The summed E-state index contributed by atoms with van der Waals surface area (Å²) in [4.78, 5) is 36.0. The lowest BCUT2D eigenvalue weighted by Gasteiger charge is -2.18. The van der Waals surface area contributed by atoms with Crippen LogP contribution in [0.15, 0.2) is 71.6 Å². The Bertz CT molecular complexity index is 1330. The number of carbonyl (C=O) groups excluding carboxylic acids is 2. The lowest BCUT2D eigenvalue weighted by molar-refractivity contribution is -0.387. The number of hydrogen-bond donors (Lipinski definition) is 0. The fourth-order valence-corrected chi connectivity index (χ4v) is 3.99. The highest BCUT2D eigenvalue weighted by molar-refractivity contribution is 7.90. The fourth-order valence-electron chi connectivity index (χ4n) is 3.16. The van der Waals surface area contributed by atoms with Gasteiger partial charge in [-0.2, -0.15) is 0 Å². The van der Waals surface area contributed by atoms with Crippen molar-refractivity contribution in [2.75, 3.05) is 6.26 Å². The summed E-state index contributed by atoms with van der Waals surface area (Å²) in [6, 6.07) is 16.6. The summed E-state index contributed by atoms with van der Waals surface area (Å²) in [6.07, 6.45) is -0.462. The fraction of sp³-hybridized carbons (Fsp3) is 0.167. The number of esters is 1. The molecule has 0 amide bonds. The van der Waals surface area contributed by atoms with Crippen LogP contribution in [0.5, 0.6) is 0 Å². The second kappa shape index (κ2) is 9.33. The van der Waals surface area contributed by atoms with E-state index in [1.165, 1.54) is 0 Å². The van der Waals surface area contributed by atoms with E-state index in [1.807, 2.05) is 13.8 Å². The van der Waals surface area contributed by atoms with Crippen LogP contribution in [0.1, 0.15) is 43.5 Å². The van der Waals surface area contributed by atoms with Crippen molar-refractivity contribution < 1.29 is 27.7 Å². The maximum atomic E-state index is 13.2. The Kier molecular flexibility index (Phi) is 6.73. The van der Waals surface area contributed by atoms with E-state index in [0.717, 1.165) is 35.6 Å². The van der Waals surface area contributed by atoms with E-state index in [4.69, 9.17) is 4.74 Å². The zero-order chi connectivity index (χ0) is 24.3. The first-order valence-electron chi connectivity index (χ1n) is 9.84. The van der Waals surface area contributed by atoms with Gasteiger partial charge < -0.3 is 4.74 Å². The lowest BCUT2D eigenvalue weighted by atomic mass is 9.98. The van der Waals surface area contributed by atoms with Crippen molar-refractivity contribution in [2.24, 2.45) is 0 Å². The average Bonchev–Trinajstić information content (AvgIpc) is 2.77. The van der Waals surface area contributed by atoms with Crippen molar-refractivity contribution >= 4 is 27.3 Å². The number of carbonyl (C=O) groups is 2. The molecule has 0 N–H and O–H groups in total. The molecule has 0 fully saturated rings. The Morgan fingerprint density at radius 3 is 1.91 bits per heavy atom. The number of ether oxygens (including phenoxy) is 1. The highest BCUT2D eigenvalue weighted by Crippen LogP contribution is 2.28. The minimum Gasteiger partial charge on any atom is -0.445 e. The Morgan fingerprint density at radius 2 is 1.39 bits per heavy atom. The van der Waals surface area contributed by atoms with Crippen LogP contribution in [0.4, 0.5) is 5.69 Å².